The Balaban J connectivity index is 1.84. The van der Waals surface area contributed by atoms with Gasteiger partial charge in [-0.1, -0.05) is 36.0 Å². The van der Waals surface area contributed by atoms with Gasteiger partial charge in [-0.2, -0.15) is 0 Å². The molecule has 0 spiro atoms. The zero-order valence-corrected chi connectivity index (χ0v) is 16.7. The fourth-order valence-corrected chi connectivity index (χ4v) is 3.45. The van der Waals surface area contributed by atoms with E-state index in [9.17, 15) is 14.4 Å². The molecular weight excluding hydrogens is 394 g/mol. The molecule has 0 aliphatic rings. The number of hydrogen-bond donors (Lipinski definition) is 1. The van der Waals surface area contributed by atoms with Crippen molar-refractivity contribution >= 4 is 40.2 Å². The molecule has 1 N–H and O–H groups in total. The number of nitrogens with one attached hydrogen (secondary N) is 1. The fraction of sp³-hybridized carbons (Fsp3) is 0.200. The Kier molecular flexibility index (Phi) is 6.50. The zero-order chi connectivity index (χ0) is 20.8. The first kappa shape index (κ1) is 20.4. The number of carbonyl (C=O) groups excluding carboxylic acids is 2. The monoisotopic (exact) mass is 413 g/mol. The molecule has 0 aliphatic carbocycles. The molecule has 0 aliphatic heterocycles. The molecule has 8 nitrogen and oxygen atoms in total. The maximum Gasteiger partial charge on any atom is 0.325 e. The highest BCUT2D eigenvalue weighted by atomic mass is 32.2. The summed E-state index contributed by atoms with van der Waals surface area (Å²) in [6.07, 6.45) is 0. The summed E-state index contributed by atoms with van der Waals surface area (Å²) in [6.45, 7) is -0.288. The Morgan fingerprint density at radius 2 is 1.83 bits per heavy atom. The Bertz CT molecular complexity index is 1110. The van der Waals surface area contributed by atoms with Crippen molar-refractivity contribution in [1.82, 2.24) is 9.55 Å². The van der Waals surface area contributed by atoms with Crippen LogP contribution >= 0.6 is 11.8 Å². The molecule has 0 saturated carbocycles. The number of esters is 1. The smallest absolute Gasteiger partial charge is 0.325 e. The number of carbonyl (C=O) groups is 2. The number of nitrogens with zero attached hydrogens (tertiary/aromatic N) is 2. The molecule has 0 bridgehead atoms. The molecule has 1 amide bonds. The highest BCUT2D eigenvalue weighted by molar-refractivity contribution is 7.99. The maximum absolute atomic E-state index is 12.8. The number of aromatic nitrogens is 2. The van der Waals surface area contributed by atoms with Crippen LogP contribution < -0.4 is 15.6 Å². The Morgan fingerprint density at radius 1 is 1.10 bits per heavy atom. The summed E-state index contributed by atoms with van der Waals surface area (Å²) >= 11 is 1.06. The predicted octanol–water partition coefficient (Wildman–Crippen LogP) is 2.31. The van der Waals surface area contributed by atoms with Gasteiger partial charge in [0, 0.05) is 0 Å². The summed E-state index contributed by atoms with van der Waals surface area (Å²) in [5.41, 5.74) is 0.666. The van der Waals surface area contributed by atoms with E-state index in [2.05, 4.69) is 15.0 Å². The van der Waals surface area contributed by atoms with Crippen molar-refractivity contribution in [2.24, 2.45) is 0 Å². The number of ether oxygens (including phenoxy) is 2. The van der Waals surface area contributed by atoms with E-state index >= 15 is 0 Å². The van der Waals surface area contributed by atoms with Crippen molar-refractivity contribution in [2.75, 3.05) is 25.3 Å². The SMILES string of the molecule is COC(=O)Cn1c(SCC(=O)Nc2ccccc2OC)nc2ccccc2c1=O. The van der Waals surface area contributed by atoms with Crippen molar-refractivity contribution in [1.29, 1.82) is 0 Å². The summed E-state index contributed by atoms with van der Waals surface area (Å²) in [5.74, 6) is -0.349. The summed E-state index contributed by atoms with van der Waals surface area (Å²) in [7, 11) is 2.76. The largest absolute Gasteiger partial charge is 0.495 e. The Morgan fingerprint density at radius 3 is 2.59 bits per heavy atom. The molecule has 0 unspecified atom stereocenters. The van der Waals surface area contributed by atoms with Gasteiger partial charge in [0.05, 0.1) is 36.6 Å². The number of thioether (sulfide) groups is 1. The number of anilines is 1. The van der Waals surface area contributed by atoms with Gasteiger partial charge in [0.1, 0.15) is 12.3 Å². The molecule has 9 heteroatoms. The molecule has 1 aromatic heterocycles. The molecule has 0 saturated heterocycles. The second-order valence-corrected chi connectivity index (χ2v) is 6.86. The van der Waals surface area contributed by atoms with Crippen LogP contribution in [-0.2, 0) is 20.9 Å². The van der Waals surface area contributed by atoms with Crippen LogP contribution in [0.2, 0.25) is 0 Å². The second-order valence-electron chi connectivity index (χ2n) is 5.92. The number of methoxy groups -OCH3 is 2. The standard InChI is InChI=1S/C20H19N3O5S/c1-27-16-10-6-5-9-15(16)21-17(24)12-29-20-22-14-8-4-3-7-13(14)19(26)23(20)11-18(25)28-2/h3-10H,11-12H2,1-2H3,(H,21,24). The molecule has 0 radical (unpaired) electrons. The minimum Gasteiger partial charge on any atom is -0.495 e. The van der Waals surface area contributed by atoms with Crippen LogP contribution in [0.1, 0.15) is 0 Å². The van der Waals surface area contributed by atoms with E-state index in [4.69, 9.17) is 4.74 Å². The molecule has 0 fully saturated rings. The molecule has 150 valence electrons. The lowest BCUT2D eigenvalue weighted by molar-refractivity contribution is -0.141. The van der Waals surface area contributed by atoms with Gasteiger partial charge < -0.3 is 14.8 Å². The Labute approximate surface area is 170 Å². The number of fused-ring (bicyclic) bond motifs is 1. The van der Waals surface area contributed by atoms with Crippen LogP contribution in [-0.4, -0.2) is 41.4 Å². The van der Waals surface area contributed by atoms with Crippen LogP contribution in [0.25, 0.3) is 10.9 Å². The van der Waals surface area contributed by atoms with E-state index < -0.39 is 5.97 Å². The van der Waals surface area contributed by atoms with Gasteiger partial charge in [0.15, 0.2) is 5.16 Å². The lowest BCUT2D eigenvalue weighted by atomic mass is 10.2. The predicted molar refractivity (Wildman–Crippen MR) is 110 cm³/mol. The molecular formula is C20H19N3O5S. The van der Waals surface area contributed by atoms with Crippen molar-refractivity contribution in [3.8, 4) is 5.75 Å². The highest BCUT2D eigenvalue weighted by Gasteiger charge is 2.16. The topological polar surface area (TPSA) is 99.5 Å². The molecule has 3 rings (SSSR count). The summed E-state index contributed by atoms with van der Waals surface area (Å²) in [5, 5.41) is 3.41. The second kappa shape index (κ2) is 9.24. The van der Waals surface area contributed by atoms with Crippen molar-refractivity contribution in [2.45, 2.75) is 11.7 Å². The third-order valence-corrected chi connectivity index (χ3v) is 5.03. The van der Waals surface area contributed by atoms with Gasteiger partial charge >= 0.3 is 5.97 Å². The van der Waals surface area contributed by atoms with Crippen molar-refractivity contribution in [3.63, 3.8) is 0 Å². The first-order valence-electron chi connectivity index (χ1n) is 8.65. The van der Waals surface area contributed by atoms with Gasteiger partial charge in [-0.25, -0.2) is 4.98 Å². The average molecular weight is 413 g/mol. The first-order valence-corrected chi connectivity index (χ1v) is 9.64. The van der Waals surface area contributed by atoms with Crippen molar-refractivity contribution in [3.05, 3.63) is 58.9 Å². The van der Waals surface area contributed by atoms with Crippen LogP contribution in [0, 0.1) is 0 Å². The normalized spacial score (nSPS) is 10.6. The number of rotatable bonds is 7. The molecule has 1 heterocycles. The third-order valence-electron chi connectivity index (χ3n) is 4.05. The maximum atomic E-state index is 12.8. The van der Waals surface area contributed by atoms with E-state index in [-0.39, 0.29) is 28.9 Å². The number of para-hydroxylation sites is 3. The molecule has 29 heavy (non-hydrogen) atoms. The van der Waals surface area contributed by atoms with Crippen LogP contribution in [0.15, 0.2) is 58.5 Å². The van der Waals surface area contributed by atoms with E-state index in [0.29, 0.717) is 22.3 Å². The summed E-state index contributed by atoms with van der Waals surface area (Å²) in [6, 6.07) is 13.9. The fourth-order valence-electron chi connectivity index (χ4n) is 2.66. The average Bonchev–Trinajstić information content (AvgIpc) is 2.74. The van der Waals surface area contributed by atoms with Crippen LogP contribution in [0.5, 0.6) is 5.75 Å². The van der Waals surface area contributed by atoms with Crippen LogP contribution in [0.3, 0.4) is 0 Å². The molecule has 0 atom stereocenters. The van der Waals surface area contributed by atoms with Crippen molar-refractivity contribution < 1.29 is 19.1 Å². The van der Waals surface area contributed by atoms with Gasteiger partial charge in [0.25, 0.3) is 5.56 Å². The number of hydrogen-bond acceptors (Lipinski definition) is 7. The first-order chi connectivity index (χ1) is 14.0. The van der Waals surface area contributed by atoms with E-state index in [0.717, 1.165) is 11.8 Å². The highest BCUT2D eigenvalue weighted by Crippen LogP contribution is 2.24. The minimum absolute atomic E-state index is 0.00992. The lowest BCUT2D eigenvalue weighted by Crippen LogP contribution is -2.28. The minimum atomic E-state index is -0.579. The van der Waals surface area contributed by atoms with Gasteiger partial charge in [-0.05, 0) is 24.3 Å². The summed E-state index contributed by atoms with van der Waals surface area (Å²) < 4.78 is 11.1. The lowest BCUT2D eigenvalue weighted by Gasteiger charge is -2.13. The summed E-state index contributed by atoms with van der Waals surface area (Å²) in [4.78, 5) is 41.4. The number of amides is 1. The zero-order valence-electron chi connectivity index (χ0n) is 15.9. The Hall–Kier alpha value is -3.33. The van der Waals surface area contributed by atoms with E-state index in [1.54, 1.807) is 48.5 Å². The van der Waals surface area contributed by atoms with Gasteiger partial charge in [-0.15, -0.1) is 0 Å². The van der Waals surface area contributed by atoms with E-state index in [1.165, 1.54) is 18.8 Å². The molecule has 3 aromatic rings. The molecule has 2 aromatic carbocycles. The third kappa shape index (κ3) is 4.75. The van der Waals surface area contributed by atoms with Gasteiger partial charge in [-0.3, -0.25) is 19.0 Å². The van der Waals surface area contributed by atoms with E-state index in [1.807, 2.05) is 0 Å². The van der Waals surface area contributed by atoms with Gasteiger partial charge in [0.2, 0.25) is 5.91 Å². The quantitative estimate of drug-likeness (QED) is 0.360. The van der Waals surface area contributed by atoms with Crippen LogP contribution in [0.4, 0.5) is 5.69 Å². The number of benzene rings is 2.